The van der Waals surface area contributed by atoms with Crippen LogP contribution < -0.4 is 4.74 Å². The number of benzene rings is 2. The molecule has 0 unspecified atom stereocenters. The Labute approximate surface area is 154 Å². The maximum Gasteiger partial charge on any atom is 0.120 e. The van der Waals surface area contributed by atoms with Crippen LogP contribution in [-0.2, 0) is 0 Å². The molecule has 2 N–H and O–H groups in total. The van der Waals surface area contributed by atoms with Crippen molar-refractivity contribution in [3.05, 3.63) is 60.3 Å². The van der Waals surface area contributed by atoms with Crippen molar-refractivity contribution in [3.63, 3.8) is 0 Å². The van der Waals surface area contributed by atoms with Gasteiger partial charge in [0.25, 0.3) is 0 Å². The summed E-state index contributed by atoms with van der Waals surface area (Å²) in [5.74, 6) is 0.722. The van der Waals surface area contributed by atoms with Crippen LogP contribution in [0.5, 0.6) is 5.75 Å². The molecule has 1 aromatic heterocycles. The van der Waals surface area contributed by atoms with Crippen LogP contribution in [0.3, 0.4) is 0 Å². The Morgan fingerprint density at radius 2 is 1.92 bits per heavy atom. The van der Waals surface area contributed by atoms with E-state index in [1.165, 1.54) is 0 Å². The van der Waals surface area contributed by atoms with Crippen LogP contribution in [0, 0.1) is 5.41 Å². The van der Waals surface area contributed by atoms with Gasteiger partial charge in [-0.1, -0.05) is 38.0 Å². The Morgan fingerprint density at radius 3 is 2.65 bits per heavy atom. The third-order valence-electron chi connectivity index (χ3n) is 4.53. The number of aliphatic hydroxyl groups is 1. The minimum Gasteiger partial charge on any atom is -0.491 e. The molecule has 0 fully saturated rings. The topological polar surface area (TPSA) is 58.2 Å². The van der Waals surface area contributed by atoms with Gasteiger partial charge in [-0.05, 0) is 43.2 Å². The van der Waals surface area contributed by atoms with Crippen LogP contribution in [0.1, 0.15) is 38.2 Å². The van der Waals surface area contributed by atoms with Gasteiger partial charge in [0.15, 0.2) is 0 Å². The Bertz CT molecular complexity index is 868. The number of nitrogens with zero attached hydrogens (tertiary/aromatic N) is 1. The first-order valence-electron chi connectivity index (χ1n) is 9.26. The second kappa shape index (κ2) is 8.68. The highest BCUT2D eigenvalue weighted by molar-refractivity contribution is 6.10. The summed E-state index contributed by atoms with van der Waals surface area (Å²) in [7, 11) is 0. The van der Waals surface area contributed by atoms with E-state index in [4.69, 9.17) is 15.3 Å². The largest absolute Gasteiger partial charge is 0.491 e. The molecule has 136 valence electrons. The number of aromatic nitrogens is 1. The summed E-state index contributed by atoms with van der Waals surface area (Å²) >= 11 is 0. The standard InChI is InChI=1S/C22H26N2O2/c1-2-3-5-10-21(23)20-16-24(17-8-6-4-7-9-17)22-12-11-18(15-19(20)22)26-14-13-25/h4,6-9,11-12,15-16,23,25H,2-3,5,10,13-14H2,1H3. The van der Waals surface area contributed by atoms with Gasteiger partial charge in [-0.15, -0.1) is 0 Å². The lowest BCUT2D eigenvalue weighted by Gasteiger charge is -2.07. The highest BCUT2D eigenvalue weighted by Gasteiger charge is 2.14. The number of unbranched alkanes of at least 4 members (excludes halogenated alkanes) is 2. The summed E-state index contributed by atoms with van der Waals surface area (Å²) in [4.78, 5) is 0. The smallest absolute Gasteiger partial charge is 0.120 e. The number of fused-ring (bicyclic) bond motifs is 1. The normalized spacial score (nSPS) is 11.0. The highest BCUT2D eigenvalue weighted by atomic mass is 16.5. The van der Waals surface area contributed by atoms with E-state index in [9.17, 15) is 0 Å². The molecule has 0 amide bonds. The average Bonchev–Trinajstić information content (AvgIpc) is 3.06. The molecular weight excluding hydrogens is 324 g/mol. The molecular formula is C22H26N2O2. The Kier molecular flexibility index (Phi) is 6.08. The molecule has 0 bridgehead atoms. The van der Waals surface area contributed by atoms with Crippen molar-refractivity contribution in [2.24, 2.45) is 0 Å². The number of rotatable bonds is 9. The minimum absolute atomic E-state index is 0.0112. The number of hydrogen-bond donors (Lipinski definition) is 2. The molecule has 0 spiro atoms. The molecule has 3 rings (SSSR count). The summed E-state index contributed by atoms with van der Waals surface area (Å²) < 4.78 is 7.72. The van der Waals surface area contributed by atoms with Gasteiger partial charge in [-0.2, -0.15) is 0 Å². The highest BCUT2D eigenvalue weighted by Crippen LogP contribution is 2.29. The minimum atomic E-state index is -0.0112. The van der Waals surface area contributed by atoms with E-state index in [0.717, 1.165) is 53.6 Å². The van der Waals surface area contributed by atoms with E-state index in [2.05, 4.69) is 29.8 Å². The van der Waals surface area contributed by atoms with E-state index >= 15 is 0 Å². The predicted octanol–water partition coefficient (Wildman–Crippen LogP) is 4.95. The van der Waals surface area contributed by atoms with Crippen molar-refractivity contribution in [2.45, 2.75) is 32.6 Å². The molecule has 0 atom stereocenters. The van der Waals surface area contributed by atoms with Crippen LogP contribution in [-0.4, -0.2) is 28.6 Å². The van der Waals surface area contributed by atoms with Crippen molar-refractivity contribution < 1.29 is 9.84 Å². The van der Waals surface area contributed by atoms with Crippen molar-refractivity contribution in [1.82, 2.24) is 4.57 Å². The molecule has 0 aliphatic carbocycles. The van der Waals surface area contributed by atoms with Gasteiger partial charge >= 0.3 is 0 Å². The fourth-order valence-electron chi connectivity index (χ4n) is 3.19. The molecule has 0 saturated carbocycles. The zero-order valence-electron chi connectivity index (χ0n) is 15.2. The second-order valence-corrected chi connectivity index (χ2v) is 6.44. The van der Waals surface area contributed by atoms with E-state index in [1.807, 2.05) is 36.4 Å². The number of nitrogens with one attached hydrogen (secondary N) is 1. The molecule has 3 aromatic rings. The summed E-state index contributed by atoms with van der Waals surface area (Å²) in [6.45, 7) is 2.44. The lowest BCUT2D eigenvalue weighted by Crippen LogP contribution is -2.01. The van der Waals surface area contributed by atoms with Gasteiger partial charge in [0.1, 0.15) is 12.4 Å². The quantitative estimate of drug-likeness (QED) is 0.424. The monoisotopic (exact) mass is 350 g/mol. The third kappa shape index (κ3) is 3.97. The van der Waals surface area contributed by atoms with Gasteiger partial charge < -0.3 is 19.8 Å². The van der Waals surface area contributed by atoms with Gasteiger partial charge in [-0.3, -0.25) is 0 Å². The summed E-state index contributed by atoms with van der Waals surface area (Å²) in [5, 5.41) is 18.6. The second-order valence-electron chi connectivity index (χ2n) is 6.44. The molecule has 0 saturated heterocycles. The van der Waals surface area contributed by atoms with Crippen molar-refractivity contribution in [1.29, 1.82) is 5.41 Å². The molecule has 4 heteroatoms. The van der Waals surface area contributed by atoms with Crippen molar-refractivity contribution >= 4 is 16.6 Å². The summed E-state index contributed by atoms with van der Waals surface area (Å²) in [6.07, 6.45) is 6.17. The Balaban J connectivity index is 2.04. The summed E-state index contributed by atoms with van der Waals surface area (Å²) in [5.41, 5.74) is 3.75. The number of ether oxygens (including phenoxy) is 1. The van der Waals surface area contributed by atoms with Crippen LogP contribution in [0.25, 0.3) is 16.6 Å². The lowest BCUT2D eigenvalue weighted by molar-refractivity contribution is 0.201. The first kappa shape index (κ1) is 18.2. The van der Waals surface area contributed by atoms with Crippen molar-refractivity contribution in [3.8, 4) is 11.4 Å². The van der Waals surface area contributed by atoms with E-state index in [-0.39, 0.29) is 13.2 Å². The Hall–Kier alpha value is -2.59. The predicted molar refractivity (Wildman–Crippen MR) is 107 cm³/mol. The summed E-state index contributed by atoms with van der Waals surface area (Å²) in [6, 6.07) is 16.1. The van der Waals surface area contributed by atoms with E-state index in [0.29, 0.717) is 5.71 Å². The van der Waals surface area contributed by atoms with Crippen LogP contribution in [0.2, 0.25) is 0 Å². The Morgan fingerprint density at radius 1 is 1.12 bits per heavy atom. The zero-order chi connectivity index (χ0) is 18.4. The fourth-order valence-corrected chi connectivity index (χ4v) is 3.19. The molecule has 0 aliphatic rings. The first-order chi connectivity index (χ1) is 12.7. The van der Waals surface area contributed by atoms with Gasteiger partial charge in [0, 0.05) is 28.5 Å². The van der Waals surface area contributed by atoms with E-state index < -0.39 is 0 Å². The molecule has 26 heavy (non-hydrogen) atoms. The molecule has 0 aliphatic heterocycles. The van der Waals surface area contributed by atoms with Crippen LogP contribution >= 0.6 is 0 Å². The van der Waals surface area contributed by atoms with Gasteiger partial charge in [-0.25, -0.2) is 0 Å². The SMILES string of the molecule is CCCCCC(=N)c1cn(-c2ccccc2)c2ccc(OCCO)cc12. The van der Waals surface area contributed by atoms with Gasteiger partial charge in [0.05, 0.1) is 12.1 Å². The third-order valence-corrected chi connectivity index (χ3v) is 4.53. The molecule has 4 nitrogen and oxygen atoms in total. The van der Waals surface area contributed by atoms with Gasteiger partial charge in [0.2, 0.25) is 0 Å². The number of hydrogen-bond acceptors (Lipinski definition) is 3. The zero-order valence-corrected chi connectivity index (χ0v) is 15.2. The number of aliphatic hydroxyl groups excluding tert-OH is 1. The first-order valence-corrected chi connectivity index (χ1v) is 9.26. The molecule has 2 aromatic carbocycles. The average molecular weight is 350 g/mol. The van der Waals surface area contributed by atoms with E-state index in [1.54, 1.807) is 0 Å². The maximum atomic E-state index is 8.99. The molecule has 0 radical (unpaired) electrons. The fraction of sp³-hybridized carbons (Fsp3) is 0.318. The van der Waals surface area contributed by atoms with Crippen LogP contribution in [0.4, 0.5) is 0 Å². The number of para-hydroxylation sites is 1. The lowest BCUT2D eigenvalue weighted by atomic mass is 10.0. The molecule has 1 heterocycles. The van der Waals surface area contributed by atoms with Crippen LogP contribution in [0.15, 0.2) is 54.7 Å². The van der Waals surface area contributed by atoms with Crippen molar-refractivity contribution in [2.75, 3.05) is 13.2 Å². The maximum absolute atomic E-state index is 8.99.